The molecule has 2 fully saturated rings. The summed E-state index contributed by atoms with van der Waals surface area (Å²) in [6.45, 7) is 8.24. The van der Waals surface area contributed by atoms with Gasteiger partial charge in [0, 0.05) is 18.6 Å². The number of nitrogens with one attached hydrogen (secondary N) is 2. The van der Waals surface area contributed by atoms with Crippen LogP contribution in [-0.4, -0.2) is 25.7 Å². The Morgan fingerprint density at radius 1 is 1.11 bits per heavy atom. The zero-order valence-electron chi connectivity index (χ0n) is 12.8. The van der Waals surface area contributed by atoms with E-state index in [-0.39, 0.29) is 0 Å². The summed E-state index contributed by atoms with van der Waals surface area (Å²) in [4.78, 5) is 0. The van der Waals surface area contributed by atoms with Crippen molar-refractivity contribution in [1.29, 1.82) is 0 Å². The largest absolute Gasteiger partial charge is 0.317 e. The summed E-state index contributed by atoms with van der Waals surface area (Å²) in [5.41, 5.74) is 0.402. The fraction of sp³-hybridized carbons (Fsp3) is 1.00. The molecular formula is C16H32N2. The molecule has 0 aromatic rings. The van der Waals surface area contributed by atoms with Crippen LogP contribution in [0.25, 0.3) is 0 Å². The van der Waals surface area contributed by atoms with E-state index in [1.165, 1.54) is 45.1 Å². The Balaban J connectivity index is 1.73. The molecule has 2 aliphatic rings. The minimum atomic E-state index is 0.402. The van der Waals surface area contributed by atoms with Crippen molar-refractivity contribution >= 4 is 0 Å². The molecule has 0 heterocycles. The number of fused-ring (bicyclic) bond motifs is 2. The van der Waals surface area contributed by atoms with Crippen LogP contribution in [0.3, 0.4) is 0 Å². The first-order valence-electron chi connectivity index (χ1n) is 7.89. The van der Waals surface area contributed by atoms with Crippen LogP contribution in [0.1, 0.15) is 59.3 Å². The summed E-state index contributed by atoms with van der Waals surface area (Å²) >= 11 is 0. The maximum absolute atomic E-state index is 3.86. The van der Waals surface area contributed by atoms with Gasteiger partial charge < -0.3 is 10.6 Å². The zero-order valence-corrected chi connectivity index (χ0v) is 12.8. The lowest BCUT2D eigenvalue weighted by atomic mass is 9.83. The summed E-state index contributed by atoms with van der Waals surface area (Å²) < 4.78 is 0. The summed E-state index contributed by atoms with van der Waals surface area (Å²) in [5.74, 6) is 2.08. The van der Waals surface area contributed by atoms with Crippen LogP contribution in [0.5, 0.6) is 0 Å². The maximum atomic E-state index is 3.86. The van der Waals surface area contributed by atoms with Crippen LogP contribution < -0.4 is 10.6 Å². The molecule has 0 aromatic heterocycles. The second-order valence-electron chi connectivity index (χ2n) is 7.65. The van der Waals surface area contributed by atoms with Gasteiger partial charge in [-0.25, -0.2) is 0 Å². The Morgan fingerprint density at radius 2 is 1.72 bits per heavy atom. The fourth-order valence-corrected chi connectivity index (χ4v) is 4.10. The second kappa shape index (κ2) is 5.92. The van der Waals surface area contributed by atoms with E-state index in [0.717, 1.165) is 17.9 Å². The molecule has 18 heavy (non-hydrogen) atoms. The molecule has 3 unspecified atom stereocenters. The molecular weight excluding hydrogens is 220 g/mol. The van der Waals surface area contributed by atoms with Gasteiger partial charge in [0.1, 0.15) is 0 Å². The van der Waals surface area contributed by atoms with Gasteiger partial charge in [-0.3, -0.25) is 0 Å². The Labute approximate surface area is 113 Å². The Bertz CT molecular complexity index is 250. The van der Waals surface area contributed by atoms with Crippen LogP contribution in [0.15, 0.2) is 0 Å². The number of rotatable bonds is 6. The normalized spacial score (nSPS) is 33.7. The van der Waals surface area contributed by atoms with E-state index >= 15 is 0 Å². The van der Waals surface area contributed by atoms with E-state index in [1.807, 2.05) is 0 Å². The predicted molar refractivity (Wildman–Crippen MR) is 78.8 cm³/mol. The molecule has 2 heteroatoms. The highest BCUT2D eigenvalue weighted by molar-refractivity contribution is 4.89. The average molecular weight is 252 g/mol. The lowest BCUT2D eigenvalue weighted by Gasteiger charge is -2.34. The third kappa shape index (κ3) is 3.96. The number of hydrogen-bond acceptors (Lipinski definition) is 2. The molecule has 0 radical (unpaired) electrons. The zero-order chi connectivity index (χ0) is 13.2. The van der Waals surface area contributed by atoms with Crippen LogP contribution in [0, 0.1) is 17.3 Å². The van der Waals surface area contributed by atoms with Gasteiger partial charge >= 0.3 is 0 Å². The Kier molecular flexibility index (Phi) is 4.71. The summed E-state index contributed by atoms with van der Waals surface area (Å²) in [6.07, 6.45) is 8.66. The molecule has 2 rings (SSSR count). The molecule has 0 aliphatic heterocycles. The molecule has 2 N–H and O–H groups in total. The highest BCUT2D eigenvalue weighted by Crippen LogP contribution is 2.42. The topological polar surface area (TPSA) is 24.1 Å². The molecule has 0 aromatic carbocycles. The molecule has 2 aliphatic carbocycles. The van der Waals surface area contributed by atoms with Gasteiger partial charge in [0.2, 0.25) is 0 Å². The molecule has 2 saturated carbocycles. The highest BCUT2D eigenvalue weighted by atomic mass is 14.9. The predicted octanol–water partition coefficient (Wildman–Crippen LogP) is 3.18. The first kappa shape index (κ1) is 14.3. The second-order valence-corrected chi connectivity index (χ2v) is 7.65. The van der Waals surface area contributed by atoms with Gasteiger partial charge in [0.25, 0.3) is 0 Å². The summed E-state index contributed by atoms with van der Waals surface area (Å²) in [5, 5.41) is 7.22. The van der Waals surface area contributed by atoms with Crippen molar-refractivity contribution in [2.24, 2.45) is 17.3 Å². The van der Waals surface area contributed by atoms with E-state index in [0.29, 0.717) is 11.5 Å². The summed E-state index contributed by atoms with van der Waals surface area (Å²) in [7, 11) is 2.06. The van der Waals surface area contributed by atoms with Gasteiger partial charge in [-0.05, 0) is 56.9 Å². The Hall–Kier alpha value is -0.0800. The molecule has 0 amide bonds. The van der Waals surface area contributed by atoms with Crippen LogP contribution in [-0.2, 0) is 0 Å². The van der Waals surface area contributed by atoms with Gasteiger partial charge in [-0.1, -0.05) is 26.7 Å². The van der Waals surface area contributed by atoms with Gasteiger partial charge in [-0.15, -0.1) is 0 Å². The van der Waals surface area contributed by atoms with E-state index in [1.54, 1.807) is 0 Å². The fourth-order valence-electron chi connectivity index (χ4n) is 4.10. The van der Waals surface area contributed by atoms with E-state index in [2.05, 4.69) is 38.5 Å². The molecule has 2 nitrogen and oxygen atoms in total. The minimum Gasteiger partial charge on any atom is -0.317 e. The third-order valence-electron chi connectivity index (χ3n) is 5.11. The lowest BCUT2D eigenvalue weighted by Crippen LogP contribution is -2.42. The average Bonchev–Trinajstić information content (AvgIpc) is 2.65. The van der Waals surface area contributed by atoms with Crippen LogP contribution in [0.4, 0.5) is 0 Å². The minimum absolute atomic E-state index is 0.402. The lowest BCUT2D eigenvalue weighted by molar-refractivity contribution is 0.226. The van der Waals surface area contributed by atoms with Crippen molar-refractivity contribution in [3.05, 3.63) is 0 Å². The molecule has 0 saturated heterocycles. The van der Waals surface area contributed by atoms with Gasteiger partial charge in [-0.2, -0.15) is 0 Å². The van der Waals surface area contributed by atoms with Crippen molar-refractivity contribution in [2.45, 2.75) is 71.4 Å². The van der Waals surface area contributed by atoms with Crippen molar-refractivity contribution < 1.29 is 0 Å². The Morgan fingerprint density at radius 3 is 2.28 bits per heavy atom. The van der Waals surface area contributed by atoms with Gasteiger partial charge in [0.15, 0.2) is 0 Å². The smallest absolute Gasteiger partial charge is 0.00725 e. The van der Waals surface area contributed by atoms with Crippen LogP contribution in [0.2, 0.25) is 0 Å². The van der Waals surface area contributed by atoms with Crippen molar-refractivity contribution in [3.8, 4) is 0 Å². The SMILES string of the molecule is CNC(C)CC(C)(C)CNC1CC2CCC(C2)C1. The molecule has 106 valence electrons. The van der Waals surface area contributed by atoms with Crippen molar-refractivity contribution in [3.63, 3.8) is 0 Å². The van der Waals surface area contributed by atoms with Crippen LogP contribution >= 0.6 is 0 Å². The van der Waals surface area contributed by atoms with E-state index < -0.39 is 0 Å². The maximum Gasteiger partial charge on any atom is 0.00725 e. The third-order valence-corrected chi connectivity index (χ3v) is 5.11. The van der Waals surface area contributed by atoms with E-state index in [9.17, 15) is 0 Å². The van der Waals surface area contributed by atoms with Gasteiger partial charge in [0.05, 0.1) is 0 Å². The molecule has 0 spiro atoms. The monoisotopic (exact) mass is 252 g/mol. The summed E-state index contributed by atoms with van der Waals surface area (Å²) in [6, 6.07) is 1.42. The first-order chi connectivity index (χ1) is 8.48. The van der Waals surface area contributed by atoms with Crippen molar-refractivity contribution in [2.75, 3.05) is 13.6 Å². The molecule has 3 atom stereocenters. The quantitative estimate of drug-likeness (QED) is 0.759. The molecule has 2 bridgehead atoms. The van der Waals surface area contributed by atoms with Crippen molar-refractivity contribution in [1.82, 2.24) is 10.6 Å². The highest BCUT2D eigenvalue weighted by Gasteiger charge is 2.34. The van der Waals surface area contributed by atoms with E-state index in [4.69, 9.17) is 0 Å². The first-order valence-corrected chi connectivity index (χ1v) is 7.89. The number of hydrogen-bond donors (Lipinski definition) is 2. The standard InChI is InChI=1S/C16H32N2/c1-12(17-4)10-16(2,3)11-18-15-8-13-5-6-14(7-13)9-15/h12-15,17-18H,5-11H2,1-4H3.